The maximum atomic E-state index is 11.1. The largest absolute Gasteiger partial charge is 0.508 e. The monoisotopic (exact) mass is 231 g/mol. The van der Waals surface area contributed by atoms with Gasteiger partial charge in [-0.1, -0.05) is 0 Å². The molecule has 5 nitrogen and oxygen atoms in total. The maximum Gasteiger partial charge on any atom is 0.319 e. The van der Waals surface area contributed by atoms with Crippen LogP contribution >= 0.6 is 12.4 Å². The van der Waals surface area contributed by atoms with Crippen molar-refractivity contribution < 1.29 is 9.90 Å². The van der Waals surface area contributed by atoms with Crippen molar-refractivity contribution in [3.8, 4) is 5.75 Å². The molecule has 15 heavy (non-hydrogen) atoms. The molecular weight excluding hydrogens is 218 g/mol. The van der Waals surface area contributed by atoms with Crippen LogP contribution in [0.2, 0.25) is 0 Å². The first-order valence-electron chi connectivity index (χ1n) is 4.26. The first-order chi connectivity index (χ1) is 6.72. The molecule has 0 radical (unpaired) electrons. The van der Waals surface area contributed by atoms with Crippen LogP contribution in [-0.2, 0) is 0 Å². The summed E-state index contributed by atoms with van der Waals surface area (Å²) in [5, 5.41) is 14.1. The number of benzene rings is 1. The lowest BCUT2D eigenvalue weighted by atomic mass is 10.3. The molecule has 5 N–H and O–H groups in total. The van der Waals surface area contributed by atoms with E-state index in [0.717, 1.165) is 0 Å². The number of phenolic OH excluding ortho intramolecular Hbond substituents is 1. The lowest BCUT2D eigenvalue weighted by molar-refractivity contribution is 0.252. The minimum atomic E-state index is -0.305. The molecule has 0 bridgehead atoms. The highest BCUT2D eigenvalue weighted by Crippen LogP contribution is 2.13. The SMILES string of the molecule is Cl.NCCNC(=O)Nc1ccc(O)cc1. The number of aromatic hydroxyl groups is 1. The Kier molecular flexibility index (Phi) is 6.24. The normalized spacial score (nSPS) is 8.87. The van der Waals surface area contributed by atoms with E-state index < -0.39 is 0 Å². The highest BCUT2D eigenvalue weighted by Gasteiger charge is 1.99. The van der Waals surface area contributed by atoms with Crippen molar-refractivity contribution in [3.05, 3.63) is 24.3 Å². The second-order valence-electron chi connectivity index (χ2n) is 2.72. The Morgan fingerprint density at radius 2 is 1.93 bits per heavy atom. The number of carbonyl (C=O) groups is 1. The Morgan fingerprint density at radius 1 is 1.33 bits per heavy atom. The summed E-state index contributed by atoms with van der Waals surface area (Å²) >= 11 is 0. The molecule has 0 aliphatic carbocycles. The number of phenols is 1. The molecule has 0 saturated heterocycles. The van der Waals surface area contributed by atoms with Gasteiger partial charge in [0.15, 0.2) is 0 Å². The van der Waals surface area contributed by atoms with Crippen LogP contribution in [0, 0.1) is 0 Å². The van der Waals surface area contributed by atoms with Gasteiger partial charge in [0.1, 0.15) is 5.75 Å². The lowest BCUT2D eigenvalue weighted by Crippen LogP contribution is -2.32. The van der Waals surface area contributed by atoms with Crippen LogP contribution in [0.3, 0.4) is 0 Å². The summed E-state index contributed by atoms with van der Waals surface area (Å²) in [4.78, 5) is 11.1. The van der Waals surface area contributed by atoms with Gasteiger partial charge in [0, 0.05) is 18.8 Å². The van der Waals surface area contributed by atoms with Crippen LogP contribution in [0.25, 0.3) is 0 Å². The molecule has 0 unspecified atom stereocenters. The third kappa shape index (κ3) is 5.09. The summed E-state index contributed by atoms with van der Waals surface area (Å²) in [6.45, 7) is 0.840. The smallest absolute Gasteiger partial charge is 0.319 e. The molecule has 0 spiro atoms. The van der Waals surface area contributed by atoms with E-state index >= 15 is 0 Å². The van der Waals surface area contributed by atoms with E-state index in [0.29, 0.717) is 18.8 Å². The number of nitrogens with two attached hydrogens (primary N) is 1. The molecule has 0 saturated carbocycles. The van der Waals surface area contributed by atoms with Crippen LogP contribution in [0.15, 0.2) is 24.3 Å². The van der Waals surface area contributed by atoms with Crippen molar-refractivity contribution in [1.82, 2.24) is 5.32 Å². The van der Waals surface area contributed by atoms with Gasteiger partial charge >= 0.3 is 6.03 Å². The third-order valence-corrected chi connectivity index (χ3v) is 1.56. The molecule has 0 aliphatic rings. The van der Waals surface area contributed by atoms with Crippen molar-refractivity contribution in [2.24, 2.45) is 5.73 Å². The van der Waals surface area contributed by atoms with Crippen molar-refractivity contribution >= 4 is 24.1 Å². The van der Waals surface area contributed by atoms with E-state index in [1.165, 1.54) is 12.1 Å². The first-order valence-corrected chi connectivity index (χ1v) is 4.26. The van der Waals surface area contributed by atoms with E-state index in [9.17, 15) is 4.79 Å². The molecule has 0 fully saturated rings. The fourth-order valence-corrected chi connectivity index (χ4v) is 0.906. The number of amides is 2. The Bertz CT molecular complexity index is 303. The third-order valence-electron chi connectivity index (χ3n) is 1.56. The predicted molar refractivity (Wildman–Crippen MR) is 61.4 cm³/mol. The number of anilines is 1. The summed E-state index contributed by atoms with van der Waals surface area (Å²) in [6, 6.07) is 5.91. The predicted octanol–water partition coefficient (Wildman–Crippen LogP) is 0.894. The number of rotatable bonds is 3. The number of urea groups is 1. The molecule has 0 heterocycles. The Hall–Kier alpha value is -1.46. The molecule has 84 valence electrons. The number of hydrogen-bond donors (Lipinski definition) is 4. The minimum Gasteiger partial charge on any atom is -0.508 e. The first kappa shape index (κ1) is 13.5. The summed E-state index contributed by atoms with van der Waals surface area (Å²) < 4.78 is 0. The van der Waals surface area contributed by atoms with Crippen molar-refractivity contribution in [1.29, 1.82) is 0 Å². The van der Waals surface area contributed by atoms with Gasteiger partial charge in [-0.2, -0.15) is 0 Å². The van der Waals surface area contributed by atoms with Crippen molar-refractivity contribution in [3.63, 3.8) is 0 Å². The topological polar surface area (TPSA) is 87.4 Å². The highest BCUT2D eigenvalue weighted by molar-refractivity contribution is 5.89. The van der Waals surface area contributed by atoms with Gasteiger partial charge in [0.2, 0.25) is 0 Å². The average Bonchev–Trinajstić information content (AvgIpc) is 2.18. The molecular formula is C9H14ClN3O2. The van der Waals surface area contributed by atoms with E-state index in [1.54, 1.807) is 12.1 Å². The zero-order valence-corrected chi connectivity index (χ0v) is 8.88. The van der Waals surface area contributed by atoms with Gasteiger partial charge in [0.05, 0.1) is 0 Å². The van der Waals surface area contributed by atoms with Crippen LogP contribution < -0.4 is 16.4 Å². The second kappa shape index (κ2) is 6.92. The molecule has 1 aromatic carbocycles. The fourth-order valence-electron chi connectivity index (χ4n) is 0.906. The van der Waals surface area contributed by atoms with Crippen LogP contribution in [-0.4, -0.2) is 24.2 Å². The Labute approximate surface area is 94.1 Å². The number of carbonyl (C=O) groups excluding carboxylic acids is 1. The highest BCUT2D eigenvalue weighted by atomic mass is 35.5. The summed E-state index contributed by atoms with van der Waals surface area (Å²) in [5.41, 5.74) is 5.84. The zero-order valence-electron chi connectivity index (χ0n) is 8.06. The Morgan fingerprint density at radius 3 is 2.47 bits per heavy atom. The standard InChI is InChI=1S/C9H13N3O2.ClH/c10-5-6-11-9(14)12-7-1-3-8(13)4-2-7;/h1-4,13H,5-6,10H2,(H2,11,12,14);1H. The van der Waals surface area contributed by atoms with E-state index in [4.69, 9.17) is 10.8 Å². The number of halogens is 1. The second-order valence-corrected chi connectivity index (χ2v) is 2.72. The molecule has 0 atom stereocenters. The number of nitrogens with one attached hydrogen (secondary N) is 2. The fraction of sp³-hybridized carbons (Fsp3) is 0.222. The number of hydrogen-bond acceptors (Lipinski definition) is 3. The van der Waals surface area contributed by atoms with Gasteiger partial charge in [-0.25, -0.2) is 4.79 Å². The van der Waals surface area contributed by atoms with E-state index in [1.807, 2.05) is 0 Å². The molecule has 1 aromatic rings. The van der Waals surface area contributed by atoms with Gasteiger partial charge in [-0.15, -0.1) is 12.4 Å². The van der Waals surface area contributed by atoms with Gasteiger partial charge in [-0.05, 0) is 24.3 Å². The molecule has 1 rings (SSSR count). The zero-order chi connectivity index (χ0) is 10.4. The summed E-state index contributed by atoms with van der Waals surface area (Å²) in [7, 11) is 0. The van der Waals surface area contributed by atoms with Gasteiger partial charge in [-0.3, -0.25) is 0 Å². The summed E-state index contributed by atoms with van der Waals surface area (Å²) in [5.74, 6) is 0.165. The summed E-state index contributed by atoms with van der Waals surface area (Å²) in [6.07, 6.45) is 0. The van der Waals surface area contributed by atoms with E-state index in [-0.39, 0.29) is 24.2 Å². The quantitative estimate of drug-likeness (QED) is 0.583. The molecule has 0 aromatic heterocycles. The molecule has 2 amide bonds. The van der Waals surface area contributed by atoms with Crippen LogP contribution in [0.1, 0.15) is 0 Å². The Balaban J connectivity index is 0.00000196. The molecule has 6 heteroatoms. The van der Waals surface area contributed by atoms with E-state index in [2.05, 4.69) is 10.6 Å². The van der Waals surface area contributed by atoms with Crippen molar-refractivity contribution in [2.75, 3.05) is 18.4 Å². The van der Waals surface area contributed by atoms with Crippen LogP contribution in [0.4, 0.5) is 10.5 Å². The van der Waals surface area contributed by atoms with Crippen molar-refractivity contribution in [2.45, 2.75) is 0 Å². The minimum absolute atomic E-state index is 0. The van der Waals surface area contributed by atoms with Gasteiger partial charge in [0.25, 0.3) is 0 Å². The van der Waals surface area contributed by atoms with Gasteiger partial charge < -0.3 is 21.5 Å². The molecule has 0 aliphatic heterocycles. The van der Waals surface area contributed by atoms with Crippen LogP contribution in [0.5, 0.6) is 5.75 Å². The lowest BCUT2D eigenvalue weighted by Gasteiger charge is -2.06. The maximum absolute atomic E-state index is 11.1. The average molecular weight is 232 g/mol.